The fourth-order valence-corrected chi connectivity index (χ4v) is 2.79. The Morgan fingerprint density at radius 2 is 1.52 bits per heavy atom. The molecule has 0 unspecified atom stereocenters. The van der Waals surface area contributed by atoms with E-state index in [2.05, 4.69) is 10.6 Å². The lowest BCUT2D eigenvalue weighted by Crippen LogP contribution is -2.35. The normalized spacial score (nSPS) is 14.0. The molecular weight excluding hydrogens is 348 g/mol. The highest BCUT2D eigenvalue weighted by molar-refractivity contribution is 6.17. The number of rotatable bonds is 7. The summed E-state index contributed by atoms with van der Waals surface area (Å²) in [7, 11) is 4.61. The van der Waals surface area contributed by atoms with E-state index in [1.54, 1.807) is 49.6 Å². The van der Waals surface area contributed by atoms with E-state index in [-0.39, 0.29) is 11.8 Å². The molecule has 2 aromatic rings. The van der Waals surface area contributed by atoms with Crippen molar-refractivity contribution in [1.82, 2.24) is 0 Å². The molecule has 1 saturated carbocycles. The van der Waals surface area contributed by atoms with Gasteiger partial charge >= 0.3 is 0 Å². The monoisotopic (exact) mass is 370 g/mol. The van der Waals surface area contributed by atoms with E-state index in [0.29, 0.717) is 41.5 Å². The Labute approximate surface area is 157 Å². The summed E-state index contributed by atoms with van der Waals surface area (Å²) in [5.74, 6) is 0.998. The molecule has 0 radical (unpaired) electrons. The molecule has 142 valence electrons. The van der Waals surface area contributed by atoms with Gasteiger partial charge in [0.05, 0.1) is 27.0 Å². The number of amides is 2. The van der Waals surface area contributed by atoms with Crippen LogP contribution in [-0.2, 0) is 9.59 Å². The number of benzene rings is 2. The minimum absolute atomic E-state index is 0.338. The van der Waals surface area contributed by atoms with Gasteiger partial charge in [0.2, 0.25) is 11.8 Å². The van der Waals surface area contributed by atoms with E-state index in [9.17, 15) is 9.59 Å². The third-order valence-electron chi connectivity index (χ3n) is 4.60. The van der Waals surface area contributed by atoms with Gasteiger partial charge in [0, 0.05) is 17.8 Å². The van der Waals surface area contributed by atoms with Gasteiger partial charge in [0.1, 0.15) is 22.7 Å². The van der Waals surface area contributed by atoms with E-state index < -0.39 is 5.41 Å². The highest BCUT2D eigenvalue weighted by Gasteiger charge is 2.56. The van der Waals surface area contributed by atoms with Crippen molar-refractivity contribution >= 4 is 23.2 Å². The number of anilines is 2. The minimum atomic E-state index is -1.09. The summed E-state index contributed by atoms with van der Waals surface area (Å²) >= 11 is 0. The molecule has 0 heterocycles. The van der Waals surface area contributed by atoms with Gasteiger partial charge in [-0.3, -0.25) is 9.59 Å². The van der Waals surface area contributed by atoms with Crippen LogP contribution in [0.25, 0.3) is 0 Å². The summed E-state index contributed by atoms with van der Waals surface area (Å²) in [5, 5.41) is 5.60. The van der Waals surface area contributed by atoms with Crippen molar-refractivity contribution in [1.29, 1.82) is 0 Å². The van der Waals surface area contributed by atoms with Gasteiger partial charge in [-0.2, -0.15) is 0 Å². The number of hydrogen-bond acceptors (Lipinski definition) is 5. The largest absolute Gasteiger partial charge is 0.497 e. The smallest absolute Gasteiger partial charge is 0.240 e. The lowest BCUT2D eigenvalue weighted by Gasteiger charge is -2.17. The summed E-state index contributed by atoms with van der Waals surface area (Å²) in [5.41, 5.74) is -0.0448. The number of ether oxygens (including phenoxy) is 3. The molecule has 1 aliphatic rings. The Kier molecular flexibility index (Phi) is 5.21. The average molecular weight is 370 g/mol. The van der Waals surface area contributed by atoms with Crippen molar-refractivity contribution in [2.24, 2.45) is 5.41 Å². The number of methoxy groups -OCH3 is 3. The van der Waals surface area contributed by atoms with Crippen LogP contribution in [0, 0.1) is 5.41 Å². The van der Waals surface area contributed by atoms with Gasteiger partial charge < -0.3 is 24.8 Å². The van der Waals surface area contributed by atoms with Crippen LogP contribution in [0.4, 0.5) is 11.4 Å². The Balaban J connectivity index is 1.75. The third-order valence-corrected chi connectivity index (χ3v) is 4.60. The molecule has 1 aliphatic carbocycles. The molecule has 2 aromatic carbocycles. The van der Waals surface area contributed by atoms with E-state index in [4.69, 9.17) is 14.2 Å². The predicted molar refractivity (Wildman–Crippen MR) is 101 cm³/mol. The molecule has 0 saturated heterocycles. The number of hydrogen-bond donors (Lipinski definition) is 2. The Morgan fingerprint density at radius 1 is 0.852 bits per heavy atom. The van der Waals surface area contributed by atoms with Gasteiger partial charge in [0.15, 0.2) is 0 Å². The predicted octanol–water partition coefficient (Wildman–Crippen LogP) is 3.07. The standard InChI is InChI=1S/C20H22N2O5/c1-25-14-6-4-5-13(11-14)21-18(23)20(9-10-20)19(24)22-16-12-15(26-2)7-8-17(16)27-3/h4-8,11-12H,9-10H2,1-3H3,(H,21,23)(H,22,24). The maximum atomic E-state index is 12.8. The first-order valence-electron chi connectivity index (χ1n) is 8.51. The van der Waals surface area contributed by atoms with Crippen molar-refractivity contribution in [3.63, 3.8) is 0 Å². The van der Waals surface area contributed by atoms with E-state index >= 15 is 0 Å². The molecule has 0 aromatic heterocycles. The Bertz CT molecular complexity index is 861. The SMILES string of the molecule is COc1cccc(NC(=O)C2(C(=O)Nc3cc(OC)ccc3OC)CC2)c1. The van der Waals surface area contributed by atoms with E-state index in [1.165, 1.54) is 14.2 Å². The highest BCUT2D eigenvalue weighted by atomic mass is 16.5. The molecule has 0 spiro atoms. The molecule has 0 atom stereocenters. The van der Waals surface area contributed by atoms with Crippen molar-refractivity contribution in [2.75, 3.05) is 32.0 Å². The molecule has 2 N–H and O–H groups in total. The lowest BCUT2D eigenvalue weighted by molar-refractivity contribution is -0.131. The van der Waals surface area contributed by atoms with E-state index in [0.717, 1.165) is 0 Å². The maximum absolute atomic E-state index is 12.8. The summed E-state index contributed by atoms with van der Waals surface area (Å²) < 4.78 is 15.6. The van der Waals surface area contributed by atoms with Crippen LogP contribution in [0.2, 0.25) is 0 Å². The second kappa shape index (κ2) is 7.57. The quantitative estimate of drug-likeness (QED) is 0.732. The van der Waals surface area contributed by atoms with Gasteiger partial charge in [-0.15, -0.1) is 0 Å². The molecule has 0 bridgehead atoms. The first-order valence-corrected chi connectivity index (χ1v) is 8.51. The first kappa shape index (κ1) is 18.6. The Morgan fingerprint density at radius 3 is 2.15 bits per heavy atom. The summed E-state index contributed by atoms with van der Waals surface area (Å²) in [6.45, 7) is 0. The third kappa shape index (κ3) is 3.81. The van der Waals surface area contributed by atoms with Crippen LogP contribution in [0.3, 0.4) is 0 Å². The van der Waals surface area contributed by atoms with Crippen molar-refractivity contribution < 1.29 is 23.8 Å². The van der Waals surface area contributed by atoms with Crippen LogP contribution >= 0.6 is 0 Å². The highest BCUT2D eigenvalue weighted by Crippen LogP contribution is 2.48. The molecule has 27 heavy (non-hydrogen) atoms. The van der Waals surface area contributed by atoms with Crippen LogP contribution < -0.4 is 24.8 Å². The van der Waals surface area contributed by atoms with Crippen LogP contribution in [0.15, 0.2) is 42.5 Å². The van der Waals surface area contributed by atoms with Crippen LogP contribution in [0.5, 0.6) is 17.2 Å². The lowest BCUT2D eigenvalue weighted by atomic mass is 10.0. The van der Waals surface area contributed by atoms with Gasteiger partial charge in [-0.25, -0.2) is 0 Å². The van der Waals surface area contributed by atoms with Crippen molar-refractivity contribution in [2.45, 2.75) is 12.8 Å². The van der Waals surface area contributed by atoms with Crippen LogP contribution in [-0.4, -0.2) is 33.1 Å². The number of nitrogens with one attached hydrogen (secondary N) is 2. The second-order valence-corrected chi connectivity index (χ2v) is 6.29. The molecule has 2 amide bonds. The van der Waals surface area contributed by atoms with Gasteiger partial charge in [0.25, 0.3) is 0 Å². The summed E-state index contributed by atoms with van der Waals surface area (Å²) in [6.07, 6.45) is 0.974. The molecule has 7 nitrogen and oxygen atoms in total. The maximum Gasteiger partial charge on any atom is 0.240 e. The zero-order chi connectivity index (χ0) is 19.4. The number of carbonyl (C=O) groups is 2. The first-order chi connectivity index (χ1) is 13.0. The zero-order valence-corrected chi connectivity index (χ0v) is 15.5. The van der Waals surface area contributed by atoms with Gasteiger partial charge in [-0.1, -0.05) is 6.07 Å². The molecule has 7 heteroatoms. The summed E-state index contributed by atoms with van der Waals surface area (Å²) in [4.78, 5) is 25.6. The van der Waals surface area contributed by atoms with E-state index in [1.807, 2.05) is 0 Å². The Hall–Kier alpha value is -3.22. The fraction of sp³-hybridized carbons (Fsp3) is 0.300. The topological polar surface area (TPSA) is 85.9 Å². The summed E-state index contributed by atoms with van der Waals surface area (Å²) in [6, 6.07) is 12.1. The molecule has 0 aliphatic heterocycles. The van der Waals surface area contributed by atoms with Crippen LogP contribution in [0.1, 0.15) is 12.8 Å². The number of carbonyl (C=O) groups excluding carboxylic acids is 2. The van der Waals surface area contributed by atoms with Crippen molar-refractivity contribution in [3.8, 4) is 17.2 Å². The van der Waals surface area contributed by atoms with Gasteiger partial charge in [-0.05, 0) is 37.1 Å². The zero-order valence-electron chi connectivity index (χ0n) is 15.5. The average Bonchev–Trinajstić information content (AvgIpc) is 3.50. The van der Waals surface area contributed by atoms with Crippen molar-refractivity contribution in [3.05, 3.63) is 42.5 Å². The minimum Gasteiger partial charge on any atom is -0.497 e. The fourth-order valence-electron chi connectivity index (χ4n) is 2.79. The molecular formula is C20H22N2O5. The second-order valence-electron chi connectivity index (χ2n) is 6.29. The molecule has 3 rings (SSSR count). The molecule has 1 fully saturated rings.